The summed E-state index contributed by atoms with van der Waals surface area (Å²) in [6, 6.07) is 8.16. The second kappa shape index (κ2) is 4.88. The van der Waals surface area contributed by atoms with Gasteiger partial charge in [0.1, 0.15) is 5.01 Å². The topological polar surface area (TPSA) is 42.7 Å². The molecule has 5 heteroatoms. The van der Waals surface area contributed by atoms with Crippen molar-refractivity contribution < 1.29 is 0 Å². The number of nitrogens with one attached hydrogen (secondary N) is 1. The first-order valence-corrected chi connectivity index (χ1v) is 6.72. The second-order valence-corrected chi connectivity index (χ2v) is 5.07. The van der Waals surface area contributed by atoms with Crippen molar-refractivity contribution in [3.05, 3.63) is 46.7 Å². The van der Waals surface area contributed by atoms with Crippen LogP contribution < -0.4 is 5.32 Å². The van der Waals surface area contributed by atoms with Crippen LogP contribution in [0.1, 0.15) is 10.7 Å². The predicted octanol–water partition coefficient (Wildman–Crippen LogP) is 2.26. The van der Waals surface area contributed by atoms with E-state index in [4.69, 9.17) is 0 Å². The normalized spacial score (nSPS) is 11.2. The molecule has 1 aromatic carbocycles. The predicted molar refractivity (Wildman–Crippen MR) is 73.7 cm³/mol. The molecule has 0 bridgehead atoms. The summed E-state index contributed by atoms with van der Waals surface area (Å²) in [6.45, 7) is 1.61. The Labute approximate surface area is 109 Å². The number of aromatic nitrogens is 3. The molecule has 18 heavy (non-hydrogen) atoms. The Kier molecular flexibility index (Phi) is 3.08. The lowest BCUT2D eigenvalue weighted by Crippen LogP contribution is -2.05. The van der Waals surface area contributed by atoms with Gasteiger partial charge in [0.05, 0.1) is 29.6 Å². The molecular formula is C13H14N4S. The van der Waals surface area contributed by atoms with Gasteiger partial charge < -0.3 is 9.88 Å². The standard InChI is InChI=1S/C13H14N4S/c1-14-6-13-16-10(8-18-13)7-17-9-15-11-4-2-3-5-12(11)17/h2-5,8-9,14H,6-7H2,1H3. The van der Waals surface area contributed by atoms with Gasteiger partial charge in [-0.3, -0.25) is 0 Å². The van der Waals surface area contributed by atoms with Gasteiger partial charge in [-0.25, -0.2) is 9.97 Å². The Morgan fingerprint density at radius 2 is 2.22 bits per heavy atom. The lowest BCUT2D eigenvalue weighted by atomic mass is 10.3. The van der Waals surface area contributed by atoms with Gasteiger partial charge in [0.25, 0.3) is 0 Å². The first-order chi connectivity index (χ1) is 8.86. The summed E-state index contributed by atoms with van der Waals surface area (Å²) >= 11 is 1.69. The molecule has 2 heterocycles. The van der Waals surface area contributed by atoms with Crippen LogP contribution in [0.5, 0.6) is 0 Å². The Morgan fingerprint density at radius 1 is 1.33 bits per heavy atom. The number of imidazole rings is 1. The van der Waals surface area contributed by atoms with E-state index in [9.17, 15) is 0 Å². The maximum atomic E-state index is 4.59. The van der Waals surface area contributed by atoms with Gasteiger partial charge in [-0.05, 0) is 19.2 Å². The van der Waals surface area contributed by atoms with Gasteiger partial charge >= 0.3 is 0 Å². The van der Waals surface area contributed by atoms with E-state index < -0.39 is 0 Å². The first-order valence-electron chi connectivity index (χ1n) is 5.84. The summed E-state index contributed by atoms with van der Waals surface area (Å²) in [5.41, 5.74) is 3.28. The van der Waals surface area contributed by atoms with E-state index in [1.807, 2.05) is 31.6 Å². The molecule has 1 N–H and O–H groups in total. The monoisotopic (exact) mass is 258 g/mol. The molecule has 4 nitrogen and oxygen atoms in total. The first kappa shape index (κ1) is 11.4. The average Bonchev–Trinajstić information content (AvgIpc) is 2.99. The van der Waals surface area contributed by atoms with Crippen LogP contribution in [-0.4, -0.2) is 21.6 Å². The molecule has 0 atom stereocenters. The van der Waals surface area contributed by atoms with Crippen molar-refractivity contribution >= 4 is 22.4 Å². The number of benzene rings is 1. The van der Waals surface area contributed by atoms with Gasteiger partial charge in [-0.1, -0.05) is 12.1 Å². The molecule has 0 aliphatic carbocycles. The van der Waals surface area contributed by atoms with Gasteiger partial charge in [0.2, 0.25) is 0 Å². The van der Waals surface area contributed by atoms with Gasteiger partial charge in [-0.15, -0.1) is 11.3 Å². The summed E-state index contributed by atoms with van der Waals surface area (Å²) in [7, 11) is 1.93. The van der Waals surface area contributed by atoms with Gasteiger partial charge in [-0.2, -0.15) is 0 Å². The molecule has 0 spiro atoms. The van der Waals surface area contributed by atoms with E-state index in [0.717, 1.165) is 34.8 Å². The summed E-state index contributed by atoms with van der Waals surface area (Å²) in [5.74, 6) is 0. The van der Waals surface area contributed by atoms with Gasteiger partial charge in [0, 0.05) is 11.9 Å². The fourth-order valence-corrected chi connectivity index (χ4v) is 2.76. The molecule has 0 aliphatic rings. The van der Waals surface area contributed by atoms with Gasteiger partial charge in [0.15, 0.2) is 0 Å². The Balaban J connectivity index is 1.87. The Bertz CT molecular complexity index is 656. The smallest absolute Gasteiger partial charge is 0.107 e. The minimum Gasteiger partial charge on any atom is -0.324 e. The van der Waals surface area contributed by atoms with Crippen LogP contribution in [0, 0.1) is 0 Å². The molecule has 3 aromatic rings. The number of para-hydroxylation sites is 2. The maximum Gasteiger partial charge on any atom is 0.107 e. The number of fused-ring (bicyclic) bond motifs is 1. The minimum atomic E-state index is 0.778. The molecule has 2 aromatic heterocycles. The summed E-state index contributed by atoms with van der Waals surface area (Å²) in [4.78, 5) is 8.97. The zero-order valence-electron chi connectivity index (χ0n) is 10.1. The molecule has 0 radical (unpaired) electrons. The van der Waals surface area contributed by atoms with Crippen LogP contribution in [-0.2, 0) is 13.1 Å². The molecule has 0 unspecified atom stereocenters. The highest BCUT2D eigenvalue weighted by Crippen LogP contribution is 2.15. The molecule has 0 aliphatic heterocycles. The number of thiazole rings is 1. The molecule has 3 rings (SSSR count). The number of nitrogens with zero attached hydrogens (tertiary/aromatic N) is 3. The van der Waals surface area contributed by atoms with Crippen molar-refractivity contribution in [3.63, 3.8) is 0 Å². The van der Waals surface area contributed by atoms with Crippen molar-refractivity contribution in [2.45, 2.75) is 13.1 Å². The third kappa shape index (κ3) is 2.14. The molecule has 0 amide bonds. The fraction of sp³-hybridized carbons (Fsp3) is 0.231. The number of rotatable bonds is 4. The van der Waals surface area contributed by atoms with E-state index in [-0.39, 0.29) is 0 Å². The molecule has 0 saturated heterocycles. The maximum absolute atomic E-state index is 4.59. The average molecular weight is 258 g/mol. The third-order valence-electron chi connectivity index (χ3n) is 2.79. The van der Waals surface area contributed by atoms with E-state index in [1.54, 1.807) is 11.3 Å². The second-order valence-electron chi connectivity index (χ2n) is 4.12. The lowest BCUT2D eigenvalue weighted by Gasteiger charge is -2.00. The van der Waals surface area contributed by atoms with Crippen molar-refractivity contribution in [1.82, 2.24) is 19.9 Å². The molecular weight excluding hydrogens is 244 g/mol. The highest BCUT2D eigenvalue weighted by Gasteiger charge is 2.05. The van der Waals surface area contributed by atoms with Crippen molar-refractivity contribution in [2.75, 3.05) is 7.05 Å². The van der Waals surface area contributed by atoms with Crippen LogP contribution in [0.15, 0.2) is 36.0 Å². The largest absolute Gasteiger partial charge is 0.324 e. The van der Waals surface area contributed by atoms with Crippen LogP contribution in [0.3, 0.4) is 0 Å². The van der Waals surface area contributed by atoms with Crippen LogP contribution in [0.2, 0.25) is 0 Å². The zero-order chi connectivity index (χ0) is 12.4. The molecule has 0 saturated carbocycles. The zero-order valence-corrected chi connectivity index (χ0v) is 10.9. The minimum absolute atomic E-state index is 0.778. The SMILES string of the molecule is CNCc1nc(Cn2cnc3ccccc32)cs1. The fourth-order valence-electron chi connectivity index (χ4n) is 1.96. The highest BCUT2D eigenvalue weighted by atomic mass is 32.1. The summed E-state index contributed by atoms with van der Waals surface area (Å²) in [6.07, 6.45) is 1.88. The van der Waals surface area contributed by atoms with Crippen LogP contribution >= 0.6 is 11.3 Å². The van der Waals surface area contributed by atoms with Crippen molar-refractivity contribution in [2.24, 2.45) is 0 Å². The highest BCUT2D eigenvalue weighted by molar-refractivity contribution is 7.09. The summed E-state index contributed by atoms with van der Waals surface area (Å²) in [5, 5.41) is 6.35. The number of hydrogen-bond donors (Lipinski definition) is 1. The van der Waals surface area contributed by atoms with E-state index in [0.29, 0.717) is 0 Å². The van der Waals surface area contributed by atoms with E-state index in [1.165, 1.54) is 0 Å². The lowest BCUT2D eigenvalue weighted by molar-refractivity contribution is 0.773. The Morgan fingerprint density at radius 3 is 3.11 bits per heavy atom. The van der Waals surface area contributed by atoms with Crippen LogP contribution in [0.25, 0.3) is 11.0 Å². The van der Waals surface area contributed by atoms with Crippen LogP contribution in [0.4, 0.5) is 0 Å². The quantitative estimate of drug-likeness (QED) is 0.780. The van der Waals surface area contributed by atoms with Crippen molar-refractivity contribution in [3.8, 4) is 0 Å². The molecule has 92 valence electrons. The van der Waals surface area contributed by atoms with Crippen molar-refractivity contribution in [1.29, 1.82) is 0 Å². The number of hydrogen-bond acceptors (Lipinski definition) is 4. The molecule has 0 fully saturated rings. The van der Waals surface area contributed by atoms with E-state index in [2.05, 4.69) is 31.3 Å². The third-order valence-corrected chi connectivity index (χ3v) is 3.68. The summed E-state index contributed by atoms with van der Waals surface area (Å²) < 4.78 is 2.13. The van der Waals surface area contributed by atoms with E-state index >= 15 is 0 Å². The Hall–Kier alpha value is -1.72.